The normalized spacial score (nSPS) is 11.5. The Bertz CT molecular complexity index is 1260. The van der Waals surface area contributed by atoms with Gasteiger partial charge in [-0.25, -0.2) is 9.97 Å². The van der Waals surface area contributed by atoms with Gasteiger partial charge in [0.15, 0.2) is 0 Å². The van der Waals surface area contributed by atoms with Crippen LogP contribution in [-0.2, 0) is 11.3 Å². The molecule has 1 N–H and O–H groups in total. The smallest absolute Gasteiger partial charge is 0.258 e. The number of hydrogen-bond donors (Lipinski definition) is 1. The number of nitrogens with zero attached hydrogens (tertiary/aromatic N) is 3. The van der Waals surface area contributed by atoms with Crippen LogP contribution in [0.2, 0.25) is 5.02 Å². The molecule has 1 amide bonds. The second kappa shape index (κ2) is 8.14. The van der Waals surface area contributed by atoms with Gasteiger partial charge in [0.1, 0.15) is 10.8 Å². The van der Waals surface area contributed by atoms with E-state index in [0.717, 1.165) is 15.2 Å². The Kier molecular flexibility index (Phi) is 5.42. The Balaban J connectivity index is 1.54. The van der Waals surface area contributed by atoms with Crippen LogP contribution in [0.4, 0.5) is 0 Å². The van der Waals surface area contributed by atoms with Gasteiger partial charge in [-0.2, -0.15) is 0 Å². The minimum atomic E-state index is -0.254. The molecule has 8 heteroatoms. The number of carbonyl (C=O) groups is 1. The van der Waals surface area contributed by atoms with E-state index in [0.29, 0.717) is 28.3 Å². The number of benzene rings is 2. The van der Waals surface area contributed by atoms with Gasteiger partial charge >= 0.3 is 0 Å². The molecular weight excluding hydrogens is 408 g/mol. The lowest BCUT2D eigenvalue weighted by atomic mass is 10.2. The van der Waals surface area contributed by atoms with Crippen LogP contribution in [-0.4, -0.2) is 32.3 Å². The molecule has 146 valence electrons. The van der Waals surface area contributed by atoms with Gasteiger partial charge in [-0.1, -0.05) is 23.7 Å². The number of likely N-dealkylation sites (N-methyl/N-ethyl adjacent to an activating group) is 1. The van der Waals surface area contributed by atoms with Crippen molar-refractivity contribution in [2.45, 2.75) is 13.5 Å². The van der Waals surface area contributed by atoms with Gasteiger partial charge in [-0.15, -0.1) is 11.3 Å². The molecule has 0 radical (unpaired) electrons. The highest BCUT2D eigenvalue weighted by Gasteiger charge is 2.13. The van der Waals surface area contributed by atoms with Gasteiger partial charge in [0.05, 0.1) is 27.7 Å². The largest absolute Gasteiger partial charge is 0.332 e. The quantitative estimate of drug-likeness (QED) is 0.486. The summed E-state index contributed by atoms with van der Waals surface area (Å²) in [5.41, 5.74) is 1.16. The van der Waals surface area contributed by atoms with Crippen molar-refractivity contribution in [2.24, 2.45) is 0 Å². The molecule has 4 rings (SSSR count). The molecule has 2 aromatic heterocycles. The maximum Gasteiger partial charge on any atom is 0.258 e. The third-order valence-electron chi connectivity index (χ3n) is 4.43. The van der Waals surface area contributed by atoms with E-state index in [2.05, 4.69) is 15.0 Å². The van der Waals surface area contributed by atoms with Crippen molar-refractivity contribution in [3.05, 3.63) is 74.7 Å². The van der Waals surface area contributed by atoms with Crippen LogP contribution in [0.25, 0.3) is 27.2 Å². The van der Waals surface area contributed by atoms with Crippen LogP contribution in [0.15, 0.2) is 53.3 Å². The van der Waals surface area contributed by atoms with Gasteiger partial charge in [-0.05, 0) is 43.3 Å². The fraction of sp³-hybridized carbons (Fsp3) is 0.143. The molecule has 0 fully saturated rings. The van der Waals surface area contributed by atoms with E-state index in [1.807, 2.05) is 31.2 Å². The van der Waals surface area contributed by atoms with Crippen molar-refractivity contribution in [1.82, 2.24) is 19.9 Å². The van der Waals surface area contributed by atoms with E-state index in [1.54, 1.807) is 29.2 Å². The number of fused-ring (bicyclic) bond motifs is 2. The molecule has 29 heavy (non-hydrogen) atoms. The summed E-state index contributed by atoms with van der Waals surface area (Å²) in [6, 6.07) is 12.8. The monoisotopic (exact) mass is 424 g/mol. The number of para-hydroxylation sites is 1. The Morgan fingerprint density at radius 2 is 2.03 bits per heavy atom. The topological polar surface area (TPSA) is 79.0 Å². The first-order chi connectivity index (χ1) is 14.0. The molecular formula is C21H17ClN4O2S. The first-order valence-electron chi connectivity index (χ1n) is 9.04. The molecule has 2 aromatic carbocycles. The summed E-state index contributed by atoms with van der Waals surface area (Å²) in [5, 5.41) is 1.73. The predicted octanol–water partition coefficient (Wildman–Crippen LogP) is 4.25. The standard InChI is InChI=1S/C21H17ClN4O2S/c1-2-26(12-18-23-16-11-13(22)7-8-14(16)21(28)25-18)20(27)10-9-19-24-15-5-3-4-6-17(15)29-19/h3-11H,2,12H2,1H3,(H,23,25,28)/b10-9-. The van der Waals surface area contributed by atoms with E-state index in [4.69, 9.17) is 11.6 Å². The third kappa shape index (κ3) is 4.21. The molecule has 0 aliphatic rings. The number of carbonyl (C=O) groups excluding carboxylic acids is 1. The summed E-state index contributed by atoms with van der Waals surface area (Å²) >= 11 is 7.53. The summed E-state index contributed by atoms with van der Waals surface area (Å²) in [7, 11) is 0. The van der Waals surface area contributed by atoms with Crippen molar-refractivity contribution in [3.8, 4) is 0 Å². The van der Waals surface area contributed by atoms with Crippen LogP contribution in [0.5, 0.6) is 0 Å². The van der Waals surface area contributed by atoms with E-state index in [1.165, 1.54) is 17.4 Å². The van der Waals surface area contributed by atoms with Crippen molar-refractivity contribution < 1.29 is 4.79 Å². The number of thiazole rings is 1. The molecule has 0 saturated carbocycles. The lowest BCUT2D eigenvalue weighted by Gasteiger charge is -2.18. The number of amides is 1. The van der Waals surface area contributed by atoms with Crippen LogP contribution in [0.1, 0.15) is 17.8 Å². The zero-order valence-electron chi connectivity index (χ0n) is 15.6. The Labute approximate surface area is 175 Å². The Hall–Kier alpha value is -3.03. The third-order valence-corrected chi connectivity index (χ3v) is 5.67. The number of halogens is 1. The highest BCUT2D eigenvalue weighted by Crippen LogP contribution is 2.22. The second-order valence-corrected chi connectivity index (χ2v) is 7.88. The first-order valence-corrected chi connectivity index (χ1v) is 10.2. The van der Waals surface area contributed by atoms with Crippen molar-refractivity contribution in [2.75, 3.05) is 6.54 Å². The van der Waals surface area contributed by atoms with E-state index in [9.17, 15) is 9.59 Å². The highest BCUT2D eigenvalue weighted by atomic mass is 35.5. The molecule has 0 spiro atoms. The van der Waals surface area contributed by atoms with Crippen LogP contribution < -0.4 is 5.56 Å². The summed E-state index contributed by atoms with van der Waals surface area (Å²) < 4.78 is 1.07. The number of aromatic nitrogens is 3. The predicted molar refractivity (Wildman–Crippen MR) is 117 cm³/mol. The van der Waals surface area contributed by atoms with Crippen LogP contribution in [0, 0.1) is 0 Å². The maximum atomic E-state index is 12.6. The summed E-state index contributed by atoms with van der Waals surface area (Å²) in [6.45, 7) is 2.54. The molecule has 0 atom stereocenters. The van der Waals surface area contributed by atoms with Gasteiger partial charge in [0.2, 0.25) is 5.91 Å². The fourth-order valence-electron chi connectivity index (χ4n) is 2.97. The summed E-state index contributed by atoms with van der Waals surface area (Å²) in [6.07, 6.45) is 3.21. The van der Waals surface area contributed by atoms with Crippen molar-refractivity contribution in [3.63, 3.8) is 0 Å². The average molecular weight is 425 g/mol. The summed E-state index contributed by atoms with van der Waals surface area (Å²) in [5.74, 6) is 0.231. The minimum absolute atomic E-state index is 0.180. The molecule has 6 nitrogen and oxygen atoms in total. The van der Waals surface area contributed by atoms with E-state index >= 15 is 0 Å². The summed E-state index contributed by atoms with van der Waals surface area (Å²) in [4.78, 5) is 38.2. The van der Waals surface area contributed by atoms with Crippen molar-refractivity contribution in [1.29, 1.82) is 0 Å². The number of rotatable bonds is 5. The maximum absolute atomic E-state index is 12.6. The molecule has 0 saturated heterocycles. The van der Waals surface area contributed by atoms with Crippen LogP contribution in [0.3, 0.4) is 0 Å². The van der Waals surface area contributed by atoms with Gasteiger partial charge < -0.3 is 9.88 Å². The van der Waals surface area contributed by atoms with Gasteiger partial charge in [-0.3, -0.25) is 9.59 Å². The Morgan fingerprint density at radius 3 is 2.83 bits per heavy atom. The zero-order chi connectivity index (χ0) is 20.4. The SMILES string of the molecule is CCN(Cc1nc2cc(Cl)ccc2c(=O)[nH]1)C(=O)/C=C\c1nc2ccccc2s1. The van der Waals surface area contributed by atoms with Crippen LogP contribution >= 0.6 is 22.9 Å². The molecule has 0 aliphatic heterocycles. The van der Waals surface area contributed by atoms with E-state index < -0.39 is 0 Å². The van der Waals surface area contributed by atoms with E-state index in [-0.39, 0.29) is 18.0 Å². The number of nitrogens with one attached hydrogen (secondary N) is 1. The van der Waals surface area contributed by atoms with Gasteiger partial charge in [0.25, 0.3) is 5.56 Å². The van der Waals surface area contributed by atoms with Gasteiger partial charge in [0, 0.05) is 17.6 Å². The molecule has 0 aliphatic carbocycles. The molecule has 0 bridgehead atoms. The first kappa shape index (κ1) is 19.3. The zero-order valence-corrected chi connectivity index (χ0v) is 17.1. The highest BCUT2D eigenvalue weighted by molar-refractivity contribution is 7.19. The number of aromatic amines is 1. The fourth-order valence-corrected chi connectivity index (χ4v) is 4.01. The van der Waals surface area contributed by atoms with Crippen molar-refractivity contribution >= 4 is 56.0 Å². The average Bonchev–Trinajstić information content (AvgIpc) is 3.13. The lowest BCUT2D eigenvalue weighted by Crippen LogP contribution is -2.30. The number of H-pyrrole nitrogens is 1. The number of hydrogen-bond acceptors (Lipinski definition) is 5. The molecule has 4 aromatic rings. The molecule has 2 heterocycles. The lowest BCUT2D eigenvalue weighted by molar-refractivity contribution is -0.126. The minimum Gasteiger partial charge on any atom is -0.332 e. The Morgan fingerprint density at radius 1 is 1.21 bits per heavy atom. The molecule has 0 unspecified atom stereocenters. The second-order valence-electron chi connectivity index (χ2n) is 6.38.